The summed E-state index contributed by atoms with van der Waals surface area (Å²) in [5.74, 6) is -6.23. The second-order valence-corrected chi connectivity index (χ2v) is 10.5. The lowest BCUT2D eigenvalue weighted by atomic mass is 9.75. The first kappa shape index (κ1) is 30.3. The number of aryl methyl sites for hydroxylation is 1. The van der Waals surface area contributed by atoms with E-state index in [1.807, 2.05) is 0 Å². The molecule has 1 aromatic carbocycles. The summed E-state index contributed by atoms with van der Waals surface area (Å²) in [4.78, 5) is 15.2. The van der Waals surface area contributed by atoms with E-state index in [0.717, 1.165) is 19.2 Å². The molecule has 40 heavy (non-hydrogen) atoms. The largest absolute Gasteiger partial charge is 0.417 e. The maximum absolute atomic E-state index is 15.3. The van der Waals surface area contributed by atoms with Crippen LogP contribution in [-0.4, -0.2) is 64.8 Å². The van der Waals surface area contributed by atoms with Crippen molar-refractivity contribution in [2.45, 2.75) is 76.5 Å². The maximum atomic E-state index is 15.3. The highest BCUT2D eigenvalue weighted by molar-refractivity contribution is 5.95. The van der Waals surface area contributed by atoms with Crippen LogP contribution in [0.25, 0.3) is 0 Å². The Morgan fingerprint density at radius 2 is 1.90 bits per heavy atom. The summed E-state index contributed by atoms with van der Waals surface area (Å²) in [6, 6.07) is 1.96. The molecule has 0 aliphatic carbocycles. The molecule has 7 nitrogen and oxygen atoms in total. The molecule has 2 saturated heterocycles. The number of anilines is 1. The summed E-state index contributed by atoms with van der Waals surface area (Å²) >= 11 is 0. The van der Waals surface area contributed by atoms with Crippen molar-refractivity contribution in [3.8, 4) is 0 Å². The summed E-state index contributed by atoms with van der Waals surface area (Å²) in [5, 5.41) is 5.92. The van der Waals surface area contributed by atoms with Crippen molar-refractivity contribution in [1.82, 2.24) is 14.7 Å². The molecule has 4 atom stereocenters. The topological polar surface area (TPSA) is 68.6 Å². The summed E-state index contributed by atoms with van der Waals surface area (Å²) in [5.41, 5.74) is -3.15. The fraction of sp³-hybridized carbons (Fsp3) is 0.615. The molecular formula is C26H31F7N4O3. The predicted molar refractivity (Wildman–Crippen MR) is 130 cm³/mol. The Hall–Kier alpha value is -2.71. The Morgan fingerprint density at radius 3 is 2.48 bits per heavy atom. The van der Waals surface area contributed by atoms with Gasteiger partial charge in [-0.25, -0.2) is 13.5 Å². The van der Waals surface area contributed by atoms with Gasteiger partial charge in [-0.3, -0.25) is 9.69 Å². The second kappa shape index (κ2) is 11.3. The van der Waals surface area contributed by atoms with Gasteiger partial charge in [-0.1, -0.05) is 13.0 Å². The molecule has 4 rings (SSSR count). The molecule has 2 aliphatic heterocycles. The van der Waals surface area contributed by atoms with E-state index in [1.165, 1.54) is 19.9 Å². The Bertz CT molecular complexity index is 1230. The number of carbonyl (C=O) groups is 1. The van der Waals surface area contributed by atoms with E-state index in [1.54, 1.807) is 11.9 Å². The lowest BCUT2D eigenvalue weighted by molar-refractivity contribution is -0.272. The number of ether oxygens (including phenoxy) is 2. The Labute approximate surface area is 226 Å². The van der Waals surface area contributed by atoms with Gasteiger partial charge in [0.1, 0.15) is 6.10 Å². The van der Waals surface area contributed by atoms with E-state index in [4.69, 9.17) is 9.47 Å². The van der Waals surface area contributed by atoms with Crippen LogP contribution in [0.2, 0.25) is 0 Å². The number of carbonyl (C=O) groups excluding carboxylic acids is 1. The summed E-state index contributed by atoms with van der Waals surface area (Å²) in [6.07, 6.45) is -4.62. The first-order valence-electron chi connectivity index (χ1n) is 12.8. The van der Waals surface area contributed by atoms with Gasteiger partial charge in [-0.2, -0.15) is 27.1 Å². The van der Waals surface area contributed by atoms with Gasteiger partial charge in [0.2, 0.25) is 0 Å². The molecule has 2 aromatic rings. The molecule has 0 unspecified atom stereocenters. The zero-order valence-corrected chi connectivity index (χ0v) is 22.4. The van der Waals surface area contributed by atoms with E-state index in [2.05, 4.69) is 10.4 Å². The van der Waals surface area contributed by atoms with E-state index < -0.39 is 53.8 Å². The van der Waals surface area contributed by atoms with Crippen molar-refractivity contribution >= 4 is 11.6 Å². The Balaban J connectivity index is 1.75. The predicted octanol–water partition coefficient (Wildman–Crippen LogP) is 5.55. The van der Waals surface area contributed by atoms with Crippen LogP contribution in [0.1, 0.15) is 56.0 Å². The standard InChI is InChI=1S/C26H31F7N4O3/c1-13-20(16-5-6-18(27)21(28)17(16)11-36(4)15-7-9-39-10-8-15)22(40-25(13,3)26(31,32)33)23(38)34-19-12-37(24(29)30)35-14(19)2/h5-6,12-13,15,20,22,24H,7-11H2,1-4H3,(H,34,38)/t13-,20-,22+,25+/m0/s1. The fourth-order valence-electron chi connectivity index (χ4n) is 5.52. The second-order valence-electron chi connectivity index (χ2n) is 10.5. The van der Waals surface area contributed by atoms with Gasteiger partial charge in [-0.05, 0) is 45.4 Å². The zero-order chi connectivity index (χ0) is 29.6. The summed E-state index contributed by atoms with van der Waals surface area (Å²) in [6.45, 7) is 1.19. The quantitative estimate of drug-likeness (QED) is 0.435. The number of aromatic nitrogens is 2. The Morgan fingerprint density at radius 1 is 1.25 bits per heavy atom. The van der Waals surface area contributed by atoms with Gasteiger partial charge in [0.15, 0.2) is 17.2 Å². The minimum atomic E-state index is -4.92. The molecule has 1 aromatic heterocycles. The van der Waals surface area contributed by atoms with Crippen molar-refractivity contribution in [1.29, 1.82) is 0 Å². The van der Waals surface area contributed by atoms with Crippen LogP contribution in [0.15, 0.2) is 18.3 Å². The van der Waals surface area contributed by atoms with Gasteiger partial charge in [0, 0.05) is 43.2 Å². The van der Waals surface area contributed by atoms with E-state index in [0.29, 0.717) is 30.7 Å². The van der Waals surface area contributed by atoms with Crippen molar-refractivity contribution in [3.05, 3.63) is 46.8 Å². The molecule has 3 heterocycles. The van der Waals surface area contributed by atoms with Gasteiger partial charge in [0.25, 0.3) is 5.91 Å². The van der Waals surface area contributed by atoms with Crippen molar-refractivity contribution in [3.63, 3.8) is 0 Å². The van der Waals surface area contributed by atoms with Crippen molar-refractivity contribution in [2.75, 3.05) is 25.6 Å². The van der Waals surface area contributed by atoms with Crippen LogP contribution in [0.5, 0.6) is 0 Å². The normalized spacial score (nSPS) is 26.2. The molecular weight excluding hydrogens is 549 g/mol. The molecule has 14 heteroatoms. The monoisotopic (exact) mass is 580 g/mol. The number of hydrogen-bond acceptors (Lipinski definition) is 5. The smallest absolute Gasteiger partial charge is 0.381 e. The molecule has 0 radical (unpaired) electrons. The van der Waals surface area contributed by atoms with Crippen LogP contribution in [-0.2, 0) is 20.8 Å². The van der Waals surface area contributed by atoms with Crippen LogP contribution in [0, 0.1) is 24.5 Å². The van der Waals surface area contributed by atoms with Gasteiger partial charge in [-0.15, -0.1) is 0 Å². The molecule has 0 saturated carbocycles. The van der Waals surface area contributed by atoms with E-state index >= 15 is 4.39 Å². The zero-order valence-electron chi connectivity index (χ0n) is 22.4. The lowest BCUT2D eigenvalue weighted by Gasteiger charge is -2.33. The average Bonchev–Trinajstić information content (AvgIpc) is 3.40. The average molecular weight is 581 g/mol. The molecule has 2 aliphatic rings. The van der Waals surface area contributed by atoms with E-state index in [9.17, 15) is 31.1 Å². The highest BCUT2D eigenvalue weighted by Crippen LogP contribution is 2.54. The molecule has 2 fully saturated rings. The molecule has 1 amide bonds. The first-order chi connectivity index (χ1) is 18.7. The highest BCUT2D eigenvalue weighted by Gasteiger charge is 2.65. The van der Waals surface area contributed by atoms with Gasteiger partial charge in [0.05, 0.1) is 17.6 Å². The van der Waals surface area contributed by atoms with Crippen LogP contribution in [0.3, 0.4) is 0 Å². The number of amides is 1. The first-order valence-corrected chi connectivity index (χ1v) is 12.8. The number of halogens is 7. The SMILES string of the molecule is Cc1nn(C(F)F)cc1NC(=O)[C@@H]1O[C@@](C)(C(F)(F)F)[C@@H](C)[C@H]1c1ccc(F)c(F)c1CN(C)C1CCOCC1. The van der Waals surface area contributed by atoms with Crippen molar-refractivity contribution < 1.29 is 45.0 Å². The van der Waals surface area contributed by atoms with E-state index in [-0.39, 0.29) is 35.1 Å². The van der Waals surface area contributed by atoms with Crippen LogP contribution < -0.4 is 5.32 Å². The molecule has 222 valence electrons. The van der Waals surface area contributed by atoms with Crippen molar-refractivity contribution in [2.24, 2.45) is 5.92 Å². The number of alkyl halides is 5. The van der Waals surface area contributed by atoms with Crippen LogP contribution >= 0.6 is 0 Å². The van der Waals surface area contributed by atoms with Gasteiger partial charge < -0.3 is 14.8 Å². The van der Waals surface area contributed by atoms with Gasteiger partial charge >= 0.3 is 12.7 Å². The van der Waals surface area contributed by atoms with Crippen LogP contribution in [0.4, 0.5) is 36.4 Å². The third-order valence-corrected chi connectivity index (χ3v) is 8.11. The molecule has 0 spiro atoms. The number of rotatable bonds is 7. The number of nitrogens with zero attached hydrogens (tertiary/aromatic N) is 3. The maximum Gasteiger partial charge on any atom is 0.417 e. The third kappa shape index (κ3) is 5.57. The third-order valence-electron chi connectivity index (χ3n) is 8.11. The molecule has 0 bridgehead atoms. The lowest BCUT2D eigenvalue weighted by Crippen LogP contribution is -2.47. The minimum absolute atomic E-state index is 0.00132. The number of nitrogens with one attached hydrogen (secondary N) is 1. The minimum Gasteiger partial charge on any atom is -0.381 e. The number of hydrogen-bond donors (Lipinski definition) is 1. The molecule has 1 N–H and O–H groups in total. The summed E-state index contributed by atoms with van der Waals surface area (Å²) < 4.78 is 110. The highest BCUT2D eigenvalue weighted by atomic mass is 19.4. The Kier molecular flexibility index (Phi) is 8.53. The fourth-order valence-corrected chi connectivity index (χ4v) is 5.52. The number of benzene rings is 1. The summed E-state index contributed by atoms with van der Waals surface area (Å²) in [7, 11) is 1.70.